The molecule has 0 unspecified atom stereocenters. The SMILES string of the molecule is C=CCOC(=O)C(C)(C)Oc1c(C)cc(/C=C/C(=O)c2ccc(SC)cc2)cc1C. The number of allylic oxidation sites excluding steroid dienone is 1. The molecule has 0 spiro atoms. The topological polar surface area (TPSA) is 52.6 Å². The minimum absolute atomic E-state index is 0.0515. The lowest BCUT2D eigenvalue weighted by molar-refractivity contribution is -0.158. The first-order valence-corrected chi connectivity index (χ1v) is 10.8. The molecular formula is C25H28O4S. The van der Waals surface area contributed by atoms with Crippen molar-refractivity contribution < 1.29 is 19.1 Å². The second kappa shape index (κ2) is 10.3. The summed E-state index contributed by atoms with van der Waals surface area (Å²) < 4.78 is 11.1. The first-order valence-electron chi connectivity index (χ1n) is 9.62. The fraction of sp³-hybridized carbons (Fsp3) is 0.280. The second-order valence-electron chi connectivity index (χ2n) is 7.41. The Morgan fingerprint density at radius 2 is 1.70 bits per heavy atom. The zero-order valence-electron chi connectivity index (χ0n) is 18.2. The molecule has 158 valence electrons. The van der Waals surface area contributed by atoms with Crippen LogP contribution in [-0.4, -0.2) is 30.2 Å². The quantitative estimate of drug-likeness (QED) is 0.167. The van der Waals surface area contributed by atoms with Crippen molar-refractivity contribution in [3.05, 3.63) is 77.4 Å². The van der Waals surface area contributed by atoms with Crippen LogP contribution in [0, 0.1) is 13.8 Å². The van der Waals surface area contributed by atoms with Gasteiger partial charge in [-0.25, -0.2) is 4.79 Å². The van der Waals surface area contributed by atoms with Crippen LogP contribution in [0.1, 0.15) is 40.9 Å². The highest BCUT2D eigenvalue weighted by molar-refractivity contribution is 7.98. The number of esters is 1. The molecule has 0 aliphatic heterocycles. The van der Waals surface area contributed by atoms with E-state index in [1.165, 1.54) is 6.08 Å². The predicted molar refractivity (Wildman–Crippen MR) is 123 cm³/mol. The van der Waals surface area contributed by atoms with E-state index in [0.29, 0.717) is 11.3 Å². The first-order chi connectivity index (χ1) is 14.2. The lowest BCUT2D eigenvalue weighted by atomic mass is 10.0. The van der Waals surface area contributed by atoms with Crippen molar-refractivity contribution in [2.45, 2.75) is 38.2 Å². The largest absolute Gasteiger partial charge is 0.476 e. The zero-order chi connectivity index (χ0) is 22.3. The Balaban J connectivity index is 2.16. The number of benzene rings is 2. The molecule has 0 aliphatic carbocycles. The summed E-state index contributed by atoms with van der Waals surface area (Å²) in [5.41, 5.74) is 2.15. The third-order valence-electron chi connectivity index (χ3n) is 4.47. The van der Waals surface area contributed by atoms with E-state index in [9.17, 15) is 9.59 Å². The average Bonchev–Trinajstić information content (AvgIpc) is 2.72. The summed E-state index contributed by atoms with van der Waals surface area (Å²) >= 11 is 1.64. The van der Waals surface area contributed by atoms with Gasteiger partial charge in [-0.15, -0.1) is 11.8 Å². The molecule has 30 heavy (non-hydrogen) atoms. The number of ketones is 1. The molecule has 0 aromatic heterocycles. The maximum absolute atomic E-state index is 12.4. The van der Waals surface area contributed by atoms with Crippen molar-refractivity contribution in [3.8, 4) is 5.75 Å². The van der Waals surface area contributed by atoms with Gasteiger partial charge in [-0.1, -0.05) is 18.7 Å². The Labute approximate surface area is 183 Å². The molecule has 2 aromatic carbocycles. The molecule has 4 nitrogen and oxygen atoms in total. The average molecular weight is 425 g/mol. The van der Waals surface area contributed by atoms with E-state index in [4.69, 9.17) is 9.47 Å². The lowest BCUT2D eigenvalue weighted by Crippen LogP contribution is -2.40. The van der Waals surface area contributed by atoms with Crippen LogP contribution in [0.15, 0.2) is 60.0 Å². The number of ether oxygens (including phenoxy) is 2. The fourth-order valence-corrected chi connectivity index (χ4v) is 3.28. The van der Waals surface area contributed by atoms with E-state index in [2.05, 4.69) is 6.58 Å². The minimum Gasteiger partial charge on any atom is -0.476 e. The van der Waals surface area contributed by atoms with Crippen LogP contribution >= 0.6 is 11.8 Å². The Morgan fingerprint density at radius 1 is 1.10 bits per heavy atom. The number of thioether (sulfide) groups is 1. The fourth-order valence-electron chi connectivity index (χ4n) is 2.87. The van der Waals surface area contributed by atoms with E-state index in [-0.39, 0.29) is 12.4 Å². The molecule has 2 aromatic rings. The van der Waals surface area contributed by atoms with E-state index in [0.717, 1.165) is 21.6 Å². The molecule has 0 amide bonds. The molecule has 0 radical (unpaired) electrons. The monoisotopic (exact) mass is 424 g/mol. The number of carbonyl (C=O) groups excluding carboxylic acids is 2. The molecule has 0 atom stereocenters. The summed E-state index contributed by atoms with van der Waals surface area (Å²) in [6, 6.07) is 11.4. The van der Waals surface area contributed by atoms with E-state index >= 15 is 0 Å². The van der Waals surface area contributed by atoms with Gasteiger partial charge in [0.15, 0.2) is 11.4 Å². The van der Waals surface area contributed by atoms with Gasteiger partial charge in [-0.3, -0.25) is 4.79 Å². The Bertz CT molecular complexity index is 933. The van der Waals surface area contributed by atoms with Gasteiger partial charge in [0.2, 0.25) is 0 Å². The van der Waals surface area contributed by atoms with Gasteiger partial charge in [0, 0.05) is 10.5 Å². The third kappa shape index (κ3) is 6.10. The van der Waals surface area contributed by atoms with Crippen LogP contribution in [0.5, 0.6) is 5.75 Å². The van der Waals surface area contributed by atoms with Crippen LogP contribution in [0.3, 0.4) is 0 Å². The van der Waals surface area contributed by atoms with Crippen LogP contribution in [0.4, 0.5) is 0 Å². The molecule has 0 saturated heterocycles. The summed E-state index contributed by atoms with van der Waals surface area (Å²) in [5, 5.41) is 0. The number of hydrogen-bond donors (Lipinski definition) is 0. The normalized spacial score (nSPS) is 11.4. The highest BCUT2D eigenvalue weighted by atomic mass is 32.2. The molecule has 0 bridgehead atoms. The number of carbonyl (C=O) groups is 2. The number of hydrogen-bond acceptors (Lipinski definition) is 5. The maximum Gasteiger partial charge on any atom is 0.350 e. The second-order valence-corrected chi connectivity index (χ2v) is 8.29. The van der Waals surface area contributed by atoms with E-state index < -0.39 is 11.6 Å². The number of aryl methyl sites for hydroxylation is 2. The summed E-state index contributed by atoms with van der Waals surface area (Å²) in [4.78, 5) is 25.8. The molecule has 2 rings (SSSR count). The van der Waals surface area contributed by atoms with Gasteiger partial charge in [-0.2, -0.15) is 0 Å². The lowest BCUT2D eigenvalue weighted by Gasteiger charge is -2.26. The standard InChI is InChI=1S/C25H28O4S/c1-7-14-28-24(27)25(4,5)29-23-17(2)15-19(16-18(23)3)8-13-22(26)20-9-11-21(30-6)12-10-20/h7-13,15-16H,1,14H2,2-6H3/b13-8+. The first kappa shape index (κ1) is 23.5. The summed E-state index contributed by atoms with van der Waals surface area (Å²) in [5.74, 6) is 0.124. The van der Waals surface area contributed by atoms with Gasteiger partial charge in [0.25, 0.3) is 0 Å². The molecular weight excluding hydrogens is 396 g/mol. The Morgan fingerprint density at radius 3 is 2.23 bits per heavy atom. The zero-order valence-corrected chi connectivity index (χ0v) is 19.0. The van der Waals surface area contributed by atoms with Crippen molar-refractivity contribution >= 4 is 29.6 Å². The summed E-state index contributed by atoms with van der Waals surface area (Å²) in [6.45, 7) is 10.9. The van der Waals surface area contributed by atoms with Gasteiger partial charge in [0.05, 0.1) is 0 Å². The third-order valence-corrected chi connectivity index (χ3v) is 5.21. The molecule has 0 aliphatic rings. The van der Waals surface area contributed by atoms with Crippen molar-refractivity contribution in [1.29, 1.82) is 0 Å². The molecule has 0 fully saturated rings. The highest BCUT2D eigenvalue weighted by Gasteiger charge is 2.32. The maximum atomic E-state index is 12.4. The van der Waals surface area contributed by atoms with Gasteiger partial charge in [0.1, 0.15) is 12.4 Å². The van der Waals surface area contributed by atoms with Crippen molar-refractivity contribution in [3.63, 3.8) is 0 Å². The smallest absolute Gasteiger partial charge is 0.350 e. The summed E-state index contributed by atoms with van der Waals surface area (Å²) in [7, 11) is 0. The predicted octanol–water partition coefficient (Wildman–Crippen LogP) is 5.81. The van der Waals surface area contributed by atoms with Crippen LogP contribution < -0.4 is 4.74 Å². The van der Waals surface area contributed by atoms with Crippen LogP contribution in [0.2, 0.25) is 0 Å². The Kier molecular flexibility index (Phi) is 8.07. The van der Waals surface area contributed by atoms with Gasteiger partial charge < -0.3 is 9.47 Å². The molecule has 0 heterocycles. The van der Waals surface area contributed by atoms with Crippen molar-refractivity contribution in [2.24, 2.45) is 0 Å². The summed E-state index contributed by atoms with van der Waals surface area (Å²) in [6.07, 6.45) is 6.88. The van der Waals surface area contributed by atoms with E-state index in [1.54, 1.807) is 37.8 Å². The highest BCUT2D eigenvalue weighted by Crippen LogP contribution is 2.29. The van der Waals surface area contributed by atoms with Crippen molar-refractivity contribution in [1.82, 2.24) is 0 Å². The van der Waals surface area contributed by atoms with E-state index in [1.807, 2.05) is 56.5 Å². The molecule has 0 N–H and O–H groups in total. The Hall–Kier alpha value is -2.79. The molecule has 0 saturated carbocycles. The van der Waals surface area contributed by atoms with Gasteiger partial charge >= 0.3 is 5.97 Å². The minimum atomic E-state index is -1.13. The number of rotatable bonds is 9. The van der Waals surface area contributed by atoms with Crippen molar-refractivity contribution in [2.75, 3.05) is 12.9 Å². The van der Waals surface area contributed by atoms with Crippen LogP contribution in [-0.2, 0) is 9.53 Å². The van der Waals surface area contributed by atoms with Crippen LogP contribution in [0.25, 0.3) is 6.08 Å². The van der Waals surface area contributed by atoms with Gasteiger partial charge in [-0.05, 0) is 93.1 Å². The molecule has 5 heteroatoms.